The fourth-order valence-electron chi connectivity index (χ4n) is 3.53. The molecule has 0 aliphatic carbocycles. The average molecular weight is 557 g/mol. The van der Waals surface area contributed by atoms with Crippen LogP contribution in [0.1, 0.15) is 142 Å². The summed E-state index contributed by atoms with van der Waals surface area (Å²) >= 11 is 0. The van der Waals surface area contributed by atoms with Crippen LogP contribution in [0.3, 0.4) is 0 Å². The van der Waals surface area contributed by atoms with Gasteiger partial charge in [0.15, 0.2) is 0 Å². The SMILES string of the molecule is CCCCCCCCCCCCS(=O)(=O)[O-].CCCCCCCCCCCCS(=O)(=O)[O-].[Ni+2]. The van der Waals surface area contributed by atoms with E-state index in [9.17, 15) is 25.9 Å². The first-order valence-corrected chi connectivity index (χ1v) is 16.1. The van der Waals surface area contributed by atoms with Crippen molar-refractivity contribution in [2.45, 2.75) is 142 Å². The molecule has 6 nitrogen and oxygen atoms in total. The molecule has 0 aliphatic rings. The fraction of sp³-hybridized carbons (Fsp3) is 1.00. The minimum Gasteiger partial charge on any atom is -0.748 e. The molecule has 33 heavy (non-hydrogen) atoms. The van der Waals surface area contributed by atoms with Crippen molar-refractivity contribution >= 4 is 20.2 Å². The van der Waals surface area contributed by atoms with E-state index in [1.807, 2.05) is 0 Å². The molecule has 204 valence electrons. The van der Waals surface area contributed by atoms with Crippen LogP contribution in [0.2, 0.25) is 0 Å². The van der Waals surface area contributed by atoms with Crippen LogP contribution in [0.5, 0.6) is 0 Å². The summed E-state index contributed by atoms with van der Waals surface area (Å²) in [7, 11) is -7.96. The van der Waals surface area contributed by atoms with Crippen molar-refractivity contribution in [3.63, 3.8) is 0 Å². The van der Waals surface area contributed by atoms with Crippen LogP contribution in [0.15, 0.2) is 0 Å². The van der Waals surface area contributed by atoms with Crippen molar-refractivity contribution in [1.29, 1.82) is 0 Å². The van der Waals surface area contributed by atoms with Gasteiger partial charge in [-0.15, -0.1) is 0 Å². The van der Waals surface area contributed by atoms with Gasteiger partial charge in [-0.25, -0.2) is 16.8 Å². The smallest absolute Gasteiger partial charge is 0.748 e. The summed E-state index contributed by atoms with van der Waals surface area (Å²) < 4.78 is 61.9. The van der Waals surface area contributed by atoms with Crippen molar-refractivity contribution in [1.82, 2.24) is 0 Å². The van der Waals surface area contributed by atoms with E-state index in [1.165, 1.54) is 89.9 Å². The molecule has 0 atom stereocenters. The van der Waals surface area contributed by atoms with Crippen molar-refractivity contribution in [3.05, 3.63) is 0 Å². The van der Waals surface area contributed by atoms with E-state index in [0.717, 1.165) is 25.7 Å². The van der Waals surface area contributed by atoms with Crippen molar-refractivity contribution < 1.29 is 42.4 Å². The van der Waals surface area contributed by atoms with Gasteiger partial charge in [-0.05, 0) is 12.8 Å². The Balaban J connectivity index is -0.000000529. The van der Waals surface area contributed by atoms with Crippen molar-refractivity contribution in [3.8, 4) is 0 Å². The molecule has 0 aromatic rings. The maximum atomic E-state index is 10.3. The van der Waals surface area contributed by atoms with Crippen LogP contribution < -0.4 is 0 Å². The molecule has 0 aliphatic heterocycles. The van der Waals surface area contributed by atoms with E-state index in [0.29, 0.717) is 12.8 Å². The van der Waals surface area contributed by atoms with Crippen LogP contribution in [0.4, 0.5) is 0 Å². The molecule has 0 heterocycles. The molecule has 0 amide bonds. The van der Waals surface area contributed by atoms with Gasteiger partial charge < -0.3 is 9.11 Å². The van der Waals surface area contributed by atoms with E-state index in [-0.39, 0.29) is 28.0 Å². The summed E-state index contributed by atoms with van der Waals surface area (Å²) in [5, 5.41) is 0. The fourth-order valence-corrected chi connectivity index (χ4v) is 4.65. The first-order chi connectivity index (χ1) is 15.1. The Morgan fingerprint density at radius 2 is 0.576 bits per heavy atom. The van der Waals surface area contributed by atoms with Crippen LogP contribution in [0, 0.1) is 0 Å². The summed E-state index contributed by atoms with van der Waals surface area (Å²) in [5.41, 5.74) is 0. The summed E-state index contributed by atoms with van der Waals surface area (Å²) in [6.45, 7) is 4.42. The van der Waals surface area contributed by atoms with Gasteiger partial charge in [0.25, 0.3) is 0 Å². The van der Waals surface area contributed by atoms with Crippen LogP contribution in [0.25, 0.3) is 0 Å². The van der Waals surface area contributed by atoms with Crippen molar-refractivity contribution in [2.75, 3.05) is 11.5 Å². The largest absolute Gasteiger partial charge is 2.00 e. The molecule has 0 aromatic carbocycles. The summed E-state index contributed by atoms with van der Waals surface area (Å²) in [6.07, 6.45) is 22.9. The Hall–Kier alpha value is 0.314. The second-order valence-corrected chi connectivity index (χ2v) is 11.9. The topological polar surface area (TPSA) is 114 Å². The number of hydrogen-bond acceptors (Lipinski definition) is 6. The average Bonchev–Trinajstić information content (AvgIpc) is 2.70. The standard InChI is InChI=1S/2C12H26O3S.Ni/c2*1-2-3-4-5-6-7-8-9-10-11-12-16(13,14)15;/h2*2-12H2,1H3,(H,13,14,15);/q;;+2/p-2. The zero-order valence-electron chi connectivity index (χ0n) is 21.1. The maximum absolute atomic E-state index is 10.3. The molecule has 0 bridgehead atoms. The normalized spacial score (nSPS) is 11.5. The Bertz CT molecular complexity index is 528. The molecular weight excluding hydrogens is 507 g/mol. The van der Waals surface area contributed by atoms with Crippen LogP contribution in [-0.4, -0.2) is 37.4 Å². The van der Waals surface area contributed by atoms with Crippen molar-refractivity contribution in [2.24, 2.45) is 0 Å². The van der Waals surface area contributed by atoms with Gasteiger partial charge >= 0.3 is 16.5 Å². The van der Waals surface area contributed by atoms with Crippen LogP contribution >= 0.6 is 0 Å². The van der Waals surface area contributed by atoms with E-state index < -0.39 is 20.2 Å². The predicted octanol–water partition coefficient (Wildman–Crippen LogP) is 6.90. The minimum absolute atomic E-state index is 0. The first kappa shape index (κ1) is 37.9. The Morgan fingerprint density at radius 3 is 0.758 bits per heavy atom. The molecule has 9 heteroatoms. The molecule has 0 N–H and O–H groups in total. The third kappa shape index (κ3) is 42.9. The molecule has 0 saturated heterocycles. The molecule has 0 rings (SSSR count). The molecule has 0 unspecified atom stereocenters. The molecule has 0 saturated carbocycles. The Morgan fingerprint density at radius 1 is 0.394 bits per heavy atom. The second kappa shape index (κ2) is 26.9. The Labute approximate surface area is 215 Å². The van der Waals surface area contributed by atoms with Gasteiger partial charge in [0.1, 0.15) is 0 Å². The number of hydrogen-bond donors (Lipinski definition) is 0. The van der Waals surface area contributed by atoms with E-state index in [4.69, 9.17) is 0 Å². The van der Waals surface area contributed by atoms with Gasteiger partial charge in [-0.3, -0.25) is 0 Å². The quantitative estimate of drug-likeness (QED) is 0.0812. The van der Waals surface area contributed by atoms with Gasteiger partial charge in [-0.2, -0.15) is 0 Å². The van der Waals surface area contributed by atoms with Gasteiger partial charge in [0.05, 0.1) is 20.2 Å². The number of rotatable bonds is 22. The van der Waals surface area contributed by atoms with Crippen LogP contribution in [-0.2, 0) is 36.7 Å². The summed E-state index contributed by atoms with van der Waals surface area (Å²) in [5.74, 6) is -0.382. The van der Waals surface area contributed by atoms with Gasteiger partial charge in [0.2, 0.25) is 0 Å². The monoisotopic (exact) mass is 556 g/mol. The van der Waals surface area contributed by atoms with Gasteiger partial charge in [0, 0.05) is 11.5 Å². The minimum atomic E-state index is -3.98. The molecule has 0 spiro atoms. The first-order valence-electron chi connectivity index (χ1n) is 13.0. The summed E-state index contributed by atoms with van der Waals surface area (Å²) in [6, 6.07) is 0. The third-order valence-electron chi connectivity index (χ3n) is 5.50. The Kier molecular flexibility index (Phi) is 30.9. The molecule has 0 aromatic heterocycles. The van der Waals surface area contributed by atoms with E-state index in [1.54, 1.807) is 0 Å². The second-order valence-electron chi connectivity index (χ2n) is 8.89. The number of unbranched alkanes of at least 4 members (excludes halogenated alkanes) is 18. The van der Waals surface area contributed by atoms with E-state index >= 15 is 0 Å². The third-order valence-corrected chi connectivity index (χ3v) is 7.07. The molecular formula is C24H50NiO6S2. The maximum Gasteiger partial charge on any atom is 2.00 e. The summed E-state index contributed by atoms with van der Waals surface area (Å²) in [4.78, 5) is 0. The van der Waals surface area contributed by atoms with E-state index in [2.05, 4.69) is 13.8 Å². The molecule has 0 fully saturated rings. The molecule has 0 radical (unpaired) electrons. The van der Waals surface area contributed by atoms with Gasteiger partial charge in [-0.1, -0.05) is 129 Å². The predicted molar refractivity (Wildman–Crippen MR) is 133 cm³/mol. The zero-order valence-corrected chi connectivity index (χ0v) is 23.8. The zero-order chi connectivity index (χ0) is 24.6.